The highest BCUT2D eigenvalue weighted by Crippen LogP contribution is 2.38. The second-order valence-electron chi connectivity index (χ2n) is 4.98. The minimum atomic E-state index is -0.502. The van der Waals surface area contributed by atoms with E-state index >= 15 is 0 Å². The van der Waals surface area contributed by atoms with E-state index in [1.165, 1.54) is 51.9 Å². The number of nitrogens with one attached hydrogen (secondary N) is 1. The highest BCUT2D eigenvalue weighted by molar-refractivity contribution is 7.12. The first-order valence-corrected chi connectivity index (χ1v) is 8.12. The van der Waals surface area contributed by atoms with E-state index in [4.69, 9.17) is 18.9 Å². The van der Waals surface area contributed by atoms with Crippen LogP contribution in [0.15, 0.2) is 17.5 Å². The molecule has 134 valence electrons. The molecule has 1 amide bonds. The highest BCUT2D eigenvalue weighted by atomic mass is 32.1. The fourth-order valence-corrected chi connectivity index (χ4v) is 3.16. The predicted octanol–water partition coefficient (Wildman–Crippen LogP) is 3.12. The van der Waals surface area contributed by atoms with Gasteiger partial charge in [-0.2, -0.15) is 0 Å². The normalized spacial score (nSPS) is 10.1. The van der Waals surface area contributed by atoms with Gasteiger partial charge in [-0.3, -0.25) is 4.79 Å². The zero-order valence-corrected chi connectivity index (χ0v) is 15.4. The zero-order chi connectivity index (χ0) is 18.6. The molecule has 0 bridgehead atoms. The minimum Gasteiger partial charge on any atom is -0.493 e. The Morgan fingerprint density at radius 2 is 1.60 bits per heavy atom. The average molecular weight is 365 g/mol. The third kappa shape index (κ3) is 3.69. The number of hydrogen-bond donors (Lipinski definition) is 1. The third-order valence-electron chi connectivity index (χ3n) is 3.51. The number of benzene rings is 1. The van der Waals surface area contributed by atoms with Gasteiger partial charge in [-0.05, 0) is 30.0 Å². The second kappa shape index (κ2) is 7.89. The number of carbonyl (C=O) groups excluding carboxylic acids is 2. The molecule has 25 heavy (non-hydrogen) atoms. The lowest BCUT2D eigenvalue weighted by Crippen LogP contribution is -2.15. The van der Waals surface area contributed by atoms with Crippen molar-refractivity contribution >= 4 is 28.9 Å². The van der Waals surface area contributed by atoms with Gasteiger partial charge in [0.05, 0.1) is 34.1 Å². The van der Waals surface area contributed by atoms with Crippen LogP contribution in [0.4, 0.5) is 5.69 Å². The molecule has 0 atom stereocenters. The van der Waals surface area contributed by atoms with E-state index in [1.807, 2.05) is 0 Å². The Balaban J connectivity index is 2.40. The van der Waals surface area contributed by atoms with E-state index < -0.39 is 11.9 Å². The average Bonchev–Trinajstić information content (AvgIpc) is 3.00. The van der Waals surface area contributed by atoms with Gasteiger partial charge in [-0.1, -0.05) is 0 Å². The van der Waals surface area contributed by atoms with E-state index in [-0.39, 0.29) is 0 Å². The first-order chi connectivity index (χ1) is 12.0. The monoisotopic (exact) mass is 365 g/mol. The molecular weight excluding hydrogens is 346 g/mol. The molecule has 1 heterocycles. The van der Waals surface area contributed by atoms with Gasteiger partial charge in [0.2, 0.25) is 5.75 Å². The summed E-state index contributed by atoms with van der Waals surface area (Å²) in [5.41, 5.74) is 1.50. The Labute approximate surface area is 149 Å². The van der Waals surface area contributed by atoms with Crippen LogP contribution < -0.4 is 19.5 Å². The Morgan fingerprint density at radius 3 is 2.08 bits per heavy atom. The van der Waals surface area contributed by atoms with Crippen LogP contribution in [-0.2, 0) is 4.74 Å². The van der Waals surface area contributed by atoms with Gasteiger partial charge in [0.1, 0.15) is 4.88 Å². The van der Waals surface area contributed by atoms with Crippen LogP contribution >= 0.6 is 11.3 Å². The van der Waals surface area contributed by atoms with Gasteiger partial charge in [0.15, 0.2) is 11.5 Å². The molecular formula is C17H19NO6S. The molecule has 0 radical (unpaired) electrons. The van der Waals surface area contributed by atoms with Crippen LogP contribution in [0.3, 0.4) is 0 Å². The number of hydrogen-bond acceptors (Lipinski definition) is 7. The fourth-order valence-electron chi connectivity index (χ4n) is 2.24. The van der Waals surface area contributed by atoms with Crippen molar-refractivity contribution in [2.45, 2.75) is 6.92 Å². The van der Waals surface area contributed by atoms with Crippen LogP contribution in [0.25, 0.3) is 0 Å². The van der Waals surface area contributed by atoms with Gasteiger partial charge in [0.25, 0.3) is 5.91 Å². The summed E-state index contributed by atoms with van der Waals surface area (Å²) in [6.07, 6.45) is 0. The Hall–Kier alpha value is -2.74. The summed E-state index contributed by atoms with van der Waals surface area (Å²) in [6, 6.07) is 3.08. The van der Waals surface area contributed by atoms with Crippen LogP contribution in [0.1, 0.15) is 25.6 Å². The molecule has 0 aliphatic rings. The molecule has 1 N–H and O–H groups in total. The van der Waals surface area contributed by atoms with E-state index in [1.54, 1.807) is 12.3 Å². The number of anilines is 1. The minimum absolute atomic E-state index is 0.302. The molecule has 2 rings (SSSR count). The molecule has 0 saturated carbocycles. The van der Waals surface area contributed by atoms with E-state index in [0.717, 1.165) is 5.56 Å². The summed E-state index contributed by atoms with van der Waals surface area (Å²) in [7, 11) is 5.72. The van der Waals surface area contributed by atoms with E-state index in [2.05, 4.69) is 5.32 Å². The van der Waals surface area contributed by atoms with Gasteiger partial charge in [0, 0.05) is 5.56 Å². The highest BCUT2D eigenvalue weighted by Gasteiger charge is 2.21. The molecule has 1 aromatic carbocycles. The van der Waals surface area contributed by atoms with Gasteiger partial charge in [-0.25, -0.2) is 4.79 Å². The maximum Gasteiger partial charge on any atom is 0.350 e. The Kier molecular flexibility index (Phi) is 5.87. The zero-order valence-electron chi connectivity index (χ0n) is 14.6. The van der Waals surface area contributed by atoms with E-state index in [0.29, 0.717) is 33.4 Å². The lowest BCUT2D eigenvalue weighted by molar-refractivity contribution is 0.0607. The molecule has 0 aliphatic carbocycles. The quantitative estimate of drug-likeness (QED) is 0.792. The number of esters is 1. The van der Waals surface area contributed by atoms with Crippen molar-refractivity contribution in [1.82, 2.24) is 0 Å². The van der Waals surface area contributed by atoms with Crippen molar-refractivity contribution in [3.63, 3.8) is 0 Å². The summed E-state index contributed by atoms with van der Waals surface area (Å²) < 4.78 is 20.5. The number of aryl methyl sites for hydroxylation is 1. The van der Waals surface area contributed by atoms with Crippen LogP contribution in [-0.4, -0.2) is 40.3 Å². The first-order valence-electron chi connectivity index (χ1n) is 7.24. The Bertz CT molecular complexity index is 773. The maximum absolute atomic E-state index is 12.7. The van der Waals surface area contributed by atoms with Crippen molar-refractivity contribution in [2.24, 2.45) is 0 Å². The standard InChI is InChI=1S/C17H19NO6S/c1-9-8-25-15(17(20)24-5)13(9)18-16(19)10-6-11(21-2)14(23-4)12(7-10)22-3/h6-8H,1-5H3,(H,18,19). The molecule has 0 fully saturated rings. The lowest BCUT2D eigenvalue weighted by atomic mass is 10.1. The largest absolute Gasteiger partial charge is 0.493 e. The van der Waals surface area contributed by atoms with Crippen LogP contribution in [0, 0.1) is 6.92 Å². The number of amides is 1. The van der Waals surface area contributed by atoms with Crippen molar-refractivity contribution in [2.75, 3.05) is 33.8 Å². The topological polar surface area (TPSA) is 83.1 Å². The number of rotatable bonds is 6. The molecule has 0 saturated heterocycles. The Morgan fingerprint density at radius 1 is 1.00 bits per heavy atom. The lowest BCUT2D eigenvalue weighted by Gasteiger charge is -2.14. The molecule has 8 heteroatoms. The molecule has 1 aromatic heterocycles. The SMILES string of the molecule is COC(=O)c1scc(C)c1NC(=O)c1cc(OC)c(OC)c(OC)c1. The number of thiophene rings is 1. The van der Waals surface area contributed by atoms with Gasteiger partial charge >= 0.3 is 5.97 Å². The third-order valence-corrected chi connectivity index (χ3v) is 4.59. The maximum atomic E-state index is 12.7. The smallest absolute Gasteiger partial charge is 0.350 e. The fraction of sp³-hybridized carbons (Fsp3) is 0.294. The summed E-state index contributed by atoms with van der Waals surface area (Å²) in [5.74, 6) is 0.206. The van der Waals surface area contributed by atoms with Crippen molar-refractivity contribution < 1.29 is 28.5 Å². The number of ether oxygens (including phenoxy) is 4. The number of carbonyl (C=O) groups is 2. The molecule has 7 nitrogen and oxygen atoms in total. The summed E-state index contributed by atoms with van der Waals surface area (Å²) >= 11 is 1.21. The summed E-state index contributed by atoms with van der Waals surface area (Å²) in [6.45, 7) is 1.80. The second-order valence-corrected chi connectivity index (χ2v) is 5.86. The summed E-state index contributed by atoms with van der Waals surface area (Å²) in [5, 5.41) is 4.52. The first kappa shape index (κ1) is 18.6. The van der Waals surface area contributed by atoms with Crippen molar-refractivity contribution in [1.29, 1.82) is 0 Å². The van der Waals surface area contributed by atoms with Crippen molar-refractivity contribution in [3.8, 4) is 17.2 Å². The molecule has 0 spiro atoms. The number of methoxy groups -OCH3 is 4. The molecule has 0 unspecified atom stereocenters. The molecule has 2 aromatic rings. The van der Waals surface area contributed by atoms with Crippen molar-refractivity contribution in [3.05, 3.63) is 33.5 Å². The summed E-state index contributed by atoms with van der Waals surface area (Å²) in [4.78, 5) is 24.8. The molecule has 0 aliphatic heterocycles. The van der Waals surface area contributed by atoms with E-state index in [9.17, 15) is 9.59 Å². The predicted molar refractivity (Wildman–Crippen MR) is 94.4 cm³/mol. The van der Waals surface area contributed by atoms with Crippen LogP contribution in [0.5, 0.6) is 17.2 Å². The van der Waals surface area contributed by atoms with Gasteiger partial charge in [-0.15, -0.1) is 11.3 Å². The van der Waals surface area contributed by atoms with Gasteiger partial charge < -0.3 is 24.3 Å². The van der Waals surface area contributed by atoms with Crippen LogP contribution in [0.2, 0.25) is 0 Å².